The Morgan fingerprint density at radius 3 is 2.46 bits per heavy atom. The van der Waals surface area contributed by atoms with Crippen LogP contribution in [-0.2, 0) is 15.7 Å². The Bertz CT molecular complexity index is 967. The fourth-order valence-electron chi connectivity index (χ4n) is 3.86. The predicted octanol–water partition coefficient (Wildman–Crippen LogP) is 1.60. The number of alkyl halides is 3. The molecule has 11 nitrogen and oxygen atoms in total. The van der Waals surface area contributed by atoms with E-state index in [2.05, 4.69) is 21.3 Å². The van der Waals surface area contributed by atoms with Crippen LogP contribution < -0.4 is 21.3 Å². The Hall–Kier alpha value is -3.55. The molecule has 2 aliphatic rings. The number of benzene rings is 1. The molecule has 2 aliphatic heterocycles. The first-order valence-electron chi connectivity index (χ1n) is 11.0. The number of carbonyl (C=O) groups excluding carboxylic acids is 3. The van der Waals surface area contributed by atoms with Crippen LogP contribution in [0.25, 0.3) is 0 Å². The molecular weight excluding hydrogens is 475 g/mol. The lowest BCUT2D eigenvalue weighted by Gasteiger charge is -2.31. The molecule has 2 fully saturated rings. The molecule has 5 amide bonds. The van der Waals surface area contributed by atoms with Crippen molar-refractivity contribution in [1.82, 2.24) is 20.9 Å². The van der Waals surface area contributed by atoms with E-state index in [4.69, 9.17) is 9.84 Å². The van der Waals surface area contributed by atoms with E-state index in [1.165, 1.54) is 4.90 Å². The number of urea groups is 1. The molecule has 5 N–H and O–H groups in total. The van der Waals surface area contributed by atoms with E-state index in [1.807, 2.05) is 0 Å². The molecule has 2 atom stereocenters. The topological polar surface area (TPSA) is 149 Å². The number of nitrogens with one attached hydrogen (secondary N) is 4. The number of anilines is 1. The maximum atomic E-state index is 13.2. The Labute approximate surface area is 198 Å². The molecule has 0 aromatic heterocycles. The van der Waals surface area contributed by atoms with Crippen LogP contribution in [0.4, 0.5) is 28.4 Å². The smallest absolute Gasteiger partial charge is 0.416 e. The maximum Gasteiger partial charge on any atom is 0.416 e. The first kappa shape index (κ1) is 26.1. The van der Waals surface area contributed by atoms with E-state index < -0.39 is 59.9 Å². The fraction of sp³-hybridized carbons (Fsp3) is 0.524. The third kappa shape index (κ3) is 7.21. The fourth-order valence-corrected chi connectivity index (χ4v) is 3.86. The number of likely N-dealkylation sites (tertiary alicyclic amines) is 1. The minimum absolute atomic E-state index is 0.0466. The molecule has 2 heterocycles. The number of amides is 5. The van der Waals surface area contributed by atoms with Gasteiger partial charge in [-0.2, -0.15) is 13.2 Å². The molecule has 0 radical (unpaired) electrons. The predicted molar refractivity (Wildman–Crippen MR) is 116 cm³/mol. The minimum atomic E-state index is -4.73. The van der Waals surface area contributed by atoms with Crippen molar-refractivity contribution in [3.8, 4) is 0 Å². The molecule has 2 saturated heterocycles. The first-order chi connectivity index (χ1) is 16.5. The molecule has 1 aromatic rings. The number of halogens is 3. The maximum absolute atomic E-state index is 13.2. The lowest BCUT2D eigenvalue weighted by atomic mass is 10.0. The molecule has 14 heteroatoms. The molecule has 192 valence electrons. The Morgan fingerprint density at radius 2 is 1.80 bits per heavy atom. The van der Waals surface area contributed by atoms with Gasteiger partial charge in [0.1, 0.15) is 0 Å². The molecule has 0 saturated carbocycles. The van der Waals surface area contributed by atoms with Gasteiger partial charge in [0.15, 0.2) is 0 Å². The normalized spacial score (nSPS) is 20.1. The molecule has 35 heavy (non-hydrogen) atoms. The van der Waals surface area contributed by atoms with Gasteiger partial charge in [-0.1, -0.05) is 0 Å². The Morgan fingerprint density at radius 1 is 1.09 bits per heavy atom. The van der Waals surface area contributed by atoms with Crippen molar-refractivity contribution in [2.45, 2.75) is 37.5 Å². The van der Waals surface area contributed by atoms with Crippen LogP contribution in [0.1, 0.15) is 35.2 Å². The van der Waals surface area contributed by atoms with Crippen molar-refractivity contribution in [2.75, 3.05) is 38.2 Å². The zero-order valence-corrected chi connectivity index (χ0v) is 18.6. The van der Waals surface area contributed by atoms with Crippen LogP contribution in [0.2, 0.25) is 0 Å². The van der Waals surface area contributed by atoms with Crippen molar-refractivity contribution in [3.63, 3.8) is 0 Å². The number of hydrogen-bond donors (Lipinski definition) is 5. The van der Waals surface area contributed by atoms with E-state index in [0.717, 1.165) is 25.0 Å². The monoisotopic (exact) mass is 501 g/mol. The molecule has 2 unspecified atom stereocenters. The highest BCUT2D eigenvalue weighted by Gasteiger charge is 2.33. The number of ether oxygens (including phenoxy) is 1. The van der Waals surface area contributed by atoms with Crippen molar-refractivity contribution in [2.24, 2.45) is 0 Å². The highest BCUT2D eigenvalue weighted by molar-refractivity contribution is 6.04. The van der Waals surface area contributed by atoms with Crippen LogP contribution in [-0.4, -0.2) is 78.9 Å². The third-order valence-corrected chi connectivity index (χ3v) is 5.65. The molecule has 1 aromatic carbocycles. The molecule has 3 rings (SSSR count). The highest BCUT2D eigenvalue weighted by atomic mass is 19.4. The lowest BCUT2D eigenvalue weighted by Crippen LogP contribution is -2.57. The number of carbonyl (C=O) groups is 4. The zero-order chi connectivity index (χ0) is 25.6. The van der Waals surface area contributed by atoms with Gasteiger partial charge in [-0.25, -0.2) is 9.59 Å². The number of carboxylic acid groups (broad SMARTS) is 1. The number of rotatable bonds is 6. The summed E-state index contributed by atoms with van der Waals surface area (Å²) in [5, 5.41) is 18.5. The zero-order valence-electron chi connectivity index (χ0n) is 18.6. The van der Waals surface area contributed by atoms with Crippen LogP contribution in [0.15, 0.2) is 18.2 Å². The van der Waals surface area contributed by atoms with E-state index in [-0.39, 0.29) is 12.3 Å². The van der Waals surface area contributed by atoms with E-state index in [1.54, 1.807) is 0 Å². The summed E-state index contributed by atoms with van der Waals surface area (Å²) >= 11 is 0. The molecule has 0 bridgehead atoms. The van der Waals surface area contributed by atoms with E-state index in [0.29, 0.717) is 32.2 Å². The summed E-state index contributed by atoms with van der Waals surface area (Å²) in [7, 11) is 0. The van der Waals surface area contributed by atoms with Gasteiger partial charge in [-0.05, 0) is 37.5 Å². The van der Waals surface area contributed by atoms with Gasteiger partial charge in [0.25, 0.3) is 5.91 Å². The largest absolute Gasteiger partial charge is 0.465 e. The summed E-state index contributed by atoms with van der Waals surface area (Å²) < 4.78 is 44.9. The summed E-state index contributed by atoms with van der Waals surface area (Å²) in [6.45, 7) is 0.749. The number of hydrogen-bond acceptors (Lipinski definition) is 5. The Balaban J connectivity index is 1.67. The van der Waals surface area contributed by atoms with Crippen molar-refractivity contribution >= 4 is 29.6 Å². The average Bonchev–Trinajstić information content (AvgIpc) is 3.33. The average molecular weight is 501 g/mol. The highest BCUT2D eigenvalue weighted by Crippen LogP contribution is 2.32. The lowest BCUT2D eigenvalue weighted by molar-refractivity contribution is -0.137. The summed E-state index contributed by atoms with van der Waals surface area (Å²) in [6, 6.07) is 0.525. The van der Waals surface area contributed by atoms with Crippen molar-refractivity contribution in [3.05, 3.63) is 29.3 Å². The summed E-state index contributed by atoms with van der Waals surface area (Å²) in [4.78, 5) is 49.9. The second kappa shape index (κ2) is 11.3. The van der Waals surface area contributed by atoms with Gasteiger partial charge >= 0.3 is 18.3 Å². The van der Waals surface area contributed by atoms with Crippen LogP contribution in [0.3, 0.4) is 0 Å². The summed E-state index contributed by atoms with van der Waals surface area (Å²) in [6.07, 6.45) is -4.06. The summed E-state index contributed by atoms with van der Waals surface area (Å²) in [5.41, 5.74) is -1.67. The number of nitrogens with zero attached hydrogens (tertiary/aromatic N) is 1. The second-order valence-corrected chi connectivity index (χ2v) is 8.16. The third-order valence-electron chi connectivity index (χ3n) is 5.65. The van der Waals surface area contributed by atoms with Gasteiger partial charge < -0.3 is 36.0 Å². The van der Waals surface area contributed by atoms with Gasteiger partial charge in [0.05, 0.1) is 42.0 Å². The van der Waals surface area contributed by atoms with Gasteiger partial charge in [0, 0.05) is 19.7 Å². The standard InChI is InChI=1S/C21H26F3N5O6/c22-21(23,24)12-3-4-14(27-19(32)29-6-1-2-7-29)13(9-12)18(31)25-10-17(30)26-16-11-35-8-5-15(16)28-20(33)34/h3-4,9,15-16,28H,1-2,5-8,10-11H2,(H,25,31)(H,26,30)(H,27,32)(H,33,34). The van der Waals surface area contributed by atoms with E-state index in [9.17, 15) is 32.3 Å². The van der Waals surface area contributed by atoms with Crippen molar-refractivity contribution in [1.29, 1.82) is 0 Å². The van der Waals surface area contributed by atoms with Gasteiger partial charge in [0.2, 0.25) is 5.91 Å². The van der Waals surface area contributed by atoms with Gasteiger partial charge in [-0.3, -0.25) is 9.59 Å². The van der Waals surface area contributed by atoms with Crippen LogP contribution in [0, 0.1) is 0 Å². The van der Waals surface area contributed by atoms with Gasteiger partial charge in [-0.15, -0.1) is 0 Å². The SMILES string of the molecule is O=C(O)NC1CCOCC1NC(=O)CNC(=O)c1cc(C(F)(F)F)ccc1NC(=O)N1CCCC1. The molecular formula is C21H26F3N5O6. The van der Waals surface area contributed by atoms with E-state index >= 15 is 0 Å². The van der Waals surface area contributed by atoms with Crippen LogP contribution >= 0.6 is 0 Å². The quantitative estimate of drug-likeness (QED) is 0.400. The second-order valence-electron chi connectivity index (χ2n) is 8.16. The summed E-state index contributed by atoms with van der Waals surface area (Å²) in [5.74, 6) is -1.69. The van der Waals surface area contributed by atoms with Crippen molar-refractivity contribution < 1.29 is 42.2 Å². The molecule has 0 spiro atoms. The van der Waals surface area contributed by atoms with Crippen LogP contribution in [0.5, 0.6) is 0 Å². The minimum Gasteiger partial charge on any atom is -0.465 e. The Kier molecular flexibility index (Phi) is 8.38. The first-order valence-corrected chi connectivity index (χ1v) is 11.0. The molecule has 0 aliphatic carbocycles.